The van der Waals surface area contributed by atoms with Gasteiger partial charge in [0.1, 0.15) is 0 Å². The van der Waals surface area contributed by atoms with Gasteiger partial charge in [0.25, 0.3) is 0 Å². The van der Waals surface area contributed by atoms with E-state index in [-0.39, 0.29) is 11.1 Å². The van der Waals surface area contributed by atoms with Crippen molar-refractivity contribution in [2.45, 2.75) is 13.8 Å². The van der Waals surface area contributed by atoms with Gasteiger partial charge in [0.15, 0.2) is 0 Å². The van der Waals surface area contributed by atoms with Crippen LogP contribution in [-0.4, -0.2) is 11.9 Å². The average molecular weight is 248 g/mol. The minimum Gasteiger partial charge on any atom is -0.545 e. The molecule has 0 radical (unpaired) electrons. The molecule has 0 saturated carbocycles. The van der Waals surface area contributed by atoms with Gasteiger partial charge in [-0.15, -0.1) is 13.2 Å². The summed E-state index contributed by atoms with van der Waals surface area (Å²) in [6.45, 7) is 10.5. The number of rotatable bonds is 2. The SMILES string of the molecule is C=CC.C=CC.O=C([O-])c1ccccc1C(=O)[O-]. The lowest BCUT2D eigenvalue weighted by molar-refractivity contribution is -0.259. The Morgan fingerprint density at radius 1 is 0.944 bits per heavy atom. The van der Waals surface area contributed by atoms with Crippen molar-refractivity contribution in [3.8, 4) is 0 Å². The van der Waals surface area contributed by atoms with E-state index < -0.39 is 11.9 Å². The zero-order valence-electron chi connectivity index (χ0n) is 10.5. The van der Waals surface area contributed by atoms with Crippen LogP contribution in [0.4, 0.5) is 0 Å². The molecule has 1 aromatic rings. The first kappa shape index (κ1) is 18.0. The minimum absolute atomic E-state index is 0.363. The van der Waals surface area contributed by atoms with E-state index in [9.17, 15) is 19.8 Å². The lowest BCUT2D eigenvalue weighted by Crippen LogP contribution is -2.29. The number of carbonyl (C=O) groups excluding carboxylic acids is 2. The summed E-state index contributed by atoms with van der Waals surface area (Å²) in [4.78, 5) is 20.6. The summed E-state index contributed by atoms with van der Waals surface area (Å²) >= 11 is 0. The highest BCUT2D eigenvalue weighted by Crippen LogP contribution is 2.05. The predicted octanol–water partition coefficient (Wildman–Crippen LogP) is 0.798. The Labute approximate surface area is 107 Å². The van der Waals surface area contributed by atoms with Crippen LogP contribution in [0.15, 0.2) is 49.6 Å². The fourth-order valence-corrected chi connectivity index (χ4v) is 0.839. The van der Waals surface area contributed by atoms with Crippen LogP contribution in [0.5, 0.6) is 0 Å². The third-order valence-corrected chi connectivity index (χ3v) is 1.37. The van der Waals surface area contributed by atoms with Crippen LogP contribution in [0.3, 0.4) is 0 Å². The summed E-state index contributed by atoms with van der Waals surface area (Å²) in [5.41, 5.74) is -0.727. The quantitative estimate of drug-likeness (QED) is 0.725. The van der Waals surface area contributed by atoms with Gasteiger partial charge in [0.05, 0.1) is 11.9 Å². The standard InChI is InChI=1S/C8H6O4.2C3H6/c9-7(10)5-3-1-2-4-6(5)8(11)12;2*1-3-2/h1-4H,(H,9,10)(H,11,12);2*3H,1H2,2H3/p-2. The molecule has 0 aliphatic rings. The maximum Gasteiger partial charge on any atom is 0.0721 e. The van der Waals surface area contributed by atoms with Crippen molar-refractivity contribution in [3.63, 3.8) is 0 Å². The molecule has 0 spiro atoms. The number of carboxylic acid groups (broad SMARTS) is 2. The molecule has 0 aliphatic heterocycles. The zero-order valence-corrected chi connectivity index (χ0v) is 10.5. The highest BCUT2D eigenvalue weighted by molar-refractivity contribution is 5.99. The largest absolute Gasteiger partial charge is 0.545 e. The number of hydrogen-bond acceptors (Lipinski definition) is 4. The number of aromatic carboxylic acids is 2. The molecule has 98 valence electrons. The van der Waals surface area contributed by atoms with Crippen molar-refractivity contribution in [1.29, 1.82) is 0 Å². The molecular formula is C14H16O4-2. The van der Waals surface area contributed by atoms with Crippen LogP contribution in [0.25, 0.3) is 0 Å². The molecule has 1 aromatic carbocycles. The molecule has 0 aliphatic carbocycles. The predicted molar refractivity (Wildman–Crippen MR) is 66.8 cm³/mol. The topological polar surface area (TPSA) is 80.3 Å². The van der Waals surface area contributed by atoms with Crippen LogP contribution >= 0.6 is 0 Å². The third kappa shape index (κ3) is 7.87. The van der Waals surface area contributed by atoms with Crippen LogP contribution in [0.2, 0.25) is 0 Å². The van der Waals surface area contributed by atoms with Crippen molar-refractivity contribution in [2.75, 3.05) is 0 Å². The Kier molecular flexibility index (Phi) is 11.1. The highest BCUT2D eigenvalue weighted by Gasteiger charge is 2.01. The Balaban J connectivity index is 0. The molecule has 0 saturated heterocycles. The van der Waals surface area contributed by atoms with E-state index >= 15 is 0 Å². The third-order valence-electron chi connectivity index (χ3n) is 1.37. The summed E-state index contributed by atoms with van der Waals surface area (Å²) in [5.74, 6) is -3.04. The summed E-state index contributed by atoms with van der Waals surface area (Å²) in [5, 5.41) is 20.6. The van der Waals surface area contributed by atoms with Crippen molar-refractivity contribution in [2.24, 2.45) is 0 Å². The average Bonchev–Trinajstić information content (AvgIpc) is 2.31. The molecule has 0 fully saturated rings. The van der Waals surface area contributed by atoms with Crippen LogP contribution in [-0.2, 0) is 0 Å². The fraction of sp³-hybridized carbons (Fsp3) is 0.143. The van der Waals surface area contributed by atoms with Crippen molar-refractivity contribution >= 4 is 11.9 Å². The molecule has 0 N–H and O–H groups in total. The Bertz CT molecular complexity index is 369. The number of allylic oxidation sites excluding steroid dienone is 2. The van der Waals surface area contributed by atoms with Crippen molar-refractivity contribution in [3.05, 3.63) is 60.7 Å². The molecule has 0 aromatic heterocycles. The van der Waals surface area contributed by atoms with Crippen molar-refractivity contribution < 1.29 is 19.8 Å². The van der Waals surface area contributed by atoms with E-state index in [1.54, 1.807) is 12.2 Å². The molecule has 4 heteroatoms. The second kappa shape index (κ2) is 11.1. The summed E-state index contributed by atoms with van der Waals surface area (Å²) in [7, 11) is 0. The molecule has 0 bridgehead atoms. The first-order valence-corrected chi connectivity index (χ1v) is 5.12. The molecule has 4 nitrogen and oxygen atoms in total. The van der Waals surface area contributed by atoms with Gasteiger partial charge in [-0.1, -0.05) is 36.4 Å². The smallest absolute Gasteiger partial charge is 0.0721 e. The van der Waals surface area contributed by atoms with Crippen LogP contribution in [0.1, 0.15) is 34.6 Å². The first-order valence-electron chi connectivity index (χ1n) is 5.12. The second-order valence-electron chi connectivity index (χ2n) is 2.94. The van der Waals surface area contributed by atoms with E-state index in [1.165, 1.54) is 12.1 Å². The molecule has 18 heavy (non-hydrogen) atoms. The zero-order chi connectivity index (χ0) is 14.6. The van der Waals surface area contributed by atoms with Gasteiger partial charge < -0.3 is 19.8 Å². The minimum atomic E-state index is -1.52. The van der Waals surface area contributed by atoms with Gasteiger partial charge in [0, 0.05) is 11.1 Å². The fourth-order valence-electron chi connectivity index (χ4n) is 0.839. The Hall–Kier alpha value is -2.36. The number of carboxylic acids is 2. The van der Waals surface area contributed by atoms with Crippen molar-refractivity contribution in [1.82, 2.24) is 0 Å². The molecule has 0 atom stereocenters. The lowest BCUT2D eigenvalue weighted by atomic mass is 10.1. The summed E-state index contributed by atoms with van der Waals surface area (Å²) < 4.78 is 0. The Morgan fingerprint density at radius 3 is 1.33 bits per heavy atom. The summed E-state index contributed by atoms with van der Waals surface area (Å²) in [6.07, 6.45) is 3.50. The molecule has 0 heterocycles. The molecule has 0 unspecified atom stereocenters. The van der Waals surface area contributed by atoms with Gasteiger partial charge in [-0.05, 0) is 13.8 Å². The number of benzene rings is 1. The molecule has 1 rings (SSSR count). The van der Waals surface area contributed by atoms with Gasteiger partial charge in [-0.25, -0.2) is 0 Å². The van der Waals surface area contributed by atoms with Crippen LogP contribution < -0.4 is 10.2 Å². The van der Waals surface area contributed by atoms with Gasteiger partial charge in [-0.3, -0.25) is 0 Å². The maximum absolute atomic E-state index is 10.3. The van der Waals surface area contributed by atoms with E-state index in [0.29, 0.717) is 0 Å². The van der Waals surface area contributed by atoms with E-state index in [1.807, 2.05) is 13.8 Å². The number of carbonyl (C=O) groups is 2. The first-order chi connectivity index (χ1) is 8.45. The normalized spacial score (nSPS) is 7.67. The van der Waals surface area contributed by atoms with E-state index in [0.717, 1.165) is 12.1 Å². The molecule has 0 amide bonds. The number of hydrogen-bond donors (Lipinski definition) is 0. The van der Waals surface area contributed by atoms with E-state index in [4.69, 9.17) is 0 Å². The Morgan fingerprint density at radius 2 is 1.17 bits per heavy atom. The van der Waals surface area contributed by atoms with Gasteiger partial charge >= 0.3 is 0 Å². The lowest BCUT2D eigenvalue weighted by Gasteiger charge is -2.09. The monoisotopic (exact) mass is 248 g/mol. The van der Waals surface area contributed by atoms with Crippen LogP contribution in [0, 0.1) is 0 Å². The highest BCUT2D eigenvalue weighted by atomic mass is 16.4. The maximum atomic E-state index is 10.3. The van der Waals surface area contributed by atoms with Gasteiger partial charge in [0.2, 0.25) is 0 Å². The van der Waals surface area contributed by atoms with E-state index in [2.05, 4.69) is 13.2 Å². The second-order valence-corrected chi connectivity index (χ2v) is 2.94. The van der Waals surface area contributed by atoms with Gasteiger partial charge in [-0.2, -0.15) is 0 Å². The molecular weight excluding hydrogens is 232 g/mol. The summed E-state index contributed by atoms with van der Waals surface area (Å²) in [6, 6.07) is 5.14.